The summed E-state index contributed by atoms with van der Waals surface area (Å²) in [5.74, 6) is 0.918. The lowest BCUT2D eigenvalue weighted by atomic mass is 10.0. The largest absolute Gasteiger partial charge is 0.467 e. The van der Waals surface area contributed by atoms with Crippen molar-refractivity contribution < 1.29 is 4.42 Å². The van der Waals surface area contributed by atoms with Crippen LogP contribution in [0, 0.1) is 0 Å². The second kappa shape index (κ2) is 5.94. The Bertz CT molecular complexity index is 810. The molecule has 0 amide bonds. The predicted molar refractivity (Wildman–Crippen MR) is 93.0 cm³/mol. The number of hydrogen-bond acceptors (Lipinski definition) is 3. The van der Waals surface area contributed by atoms with Crippen LogP contribution in [0.4, 0.5) is 5.69 Å². The zero-order valence-electron chi connectivity index (χ0n) is 12.4. The van der Waals surface area contributed by atoms with E-state index in [9.17, 15) is 0 Å². The molecule has 4 rings (SSSR count). The highest BCUT2D eigenvalue weighted by molar-refractivity contribution is 6.30. The lowest BCUT2D eigenvalue weighted by Gasteiger charge is -2.21. The van der Waals surface area contributed by atoms with Gasteiger partial charge in [-0.1, -0.05) is 41.9 Å². The first-order chi connectivity index (χ1) is 11.3. The van der Waals surface area contributed by atoms with Crippen LogP contribution in [0.2, 0.25) is 5.02 Å². The topological polar surface area (TPSA) is 28.7 Å². The molecule has 1 aliphatic rings. The van der Waals surface area contributed by atoms with Gasteiger partial charge < -0.3 is 4.42 Å². The molecule has 0 aliphatic carbocycles. The normalized spacial score (nSPS) is 17.3. The molecule has 1 aliphatic heterocycles. The fourth-order valence-electron chi connectivity index (χ4n) is 2.85. The van der Waals surface area contributed by atoms with Crippen LogP contribution in [0.3, 0.4) is 0 Å². The molecule has 4 heteroatoms. The number of furan rings is 1. The monoisotopic (exact) mass is 322 g/mol. The van der Waals surface area contributed by atoms with Gasteiger partial charge in [0, 0.05) is 11.4 Å². The number of anilines is 1. The van der Waals surface area contributed by atoms with Crippen molar-refractivity contribution in [2.24, 2.45) is 5.10 Å². The molecule has 3 aromatic rings. The molecule has 0 spiro atoms. The molecule has 0 radical (unpaired) electrons. The Labute approximate surface area is 139 Å². The second-order valence-electron chi connectivity index (χ2n) is 5.47. The van der Waals surface area contributed by atoms with Crippen molar-refractivity contribution >= 4 is 23.0 Å². The van der Waals surface area contributed by atoms with Gasteiger partial charge in [-0.25, -0.2) is 0 Å². The Morgan fingerprint density at radius 3 is 2.43 bits per heavy atom. The third-order valence-corrected chi connectivity index (χ3v) is 4.23. The van der Waals surface area contributed by atoms with Crippen molar-refractivity contribution in [3.05, 3.63) is 89.3 Å². The minimum Gasteiger partial charge on any atom is -0.467 e. The number of rotatable bonds is 3. The first kappa shape index (κ1) is 14.1. The molecule has 0 fully saturated rings. The number of hydrogen-bond donors (Lipinski definition) is 0. The van der Waals surface area contributed by atoms with Crippen molar-refractivity contribution in [1.82, 2.24) is 0 Å². The van der Waals surface area contributed by atoms with E-state index in [1.165, 1.54) is 0 Å². The van der Waals surface area contributed by atoms with E-state index in [2.05, 4.69) is 12.1 Å². The van der Waals surface area contributed by atoms with Gasteiger partial charge in [0.05, 0.1) is 17.7 Å². The van der Waals surface area contributed by atoms with E-state index in [-0.39, 0.29) is 6.04 Å². The van der Waals surface area contributed by atoms with Crippen LogP contribution in [0.5, 0.6) is 0 Å². The Morgan fingerprint density at radius 2 is 1.74 bits per heavy atom. The average molecular weight is 323 g/mol. The summed E-state index contributed by atoms with van der Waals surface area (Å²) in [6.07, 6.45) is 2.50. The van der Waals surface area contributed by atoms with Gasteiger partial charge in [-0.2, -0.15) is 5.10 Å². The molecule has 0 N–H and O–H groups in total. The van der Waals surface area contributed by atoms with Crippen LogP contribution in [-0.4, -0.2) is 5.71 Å². The van der Waals surface area contributed by atoms with E-state index in [1.807, 2.05) is 59.6 Å². The zero-order valence-corrected chi connectivity index (χ0v) is 13.1. The SMILES string of the molecule is Clc1ccc(C2=NN(c3ccccc3)[C@H](c3ccco3)C2)cc1. The molecule has 3 nitrogen and oxygen atoms in total. The van der Waals surface area contributed by atoms with Gasteiger partial charge in [0.2, 0.25) is 0 Å². The fourth-order valence-corrected chi connectivity index (χ4v) is 2.97. The van der Waals surface area contributed by atoms with Crippen molar-refractivity contribution in [3.63, 3.8) is 0 Å². The first-order valence-corrected chi connectivity index (χ1v) is 7.90. The molecule has 1 atom stereocenters. The minimum absolute atomic E-state index is 0.0677. The highest BCUT2D eigenvalue weighted by Gasteiger charge is 2.31. The molecule has 23 heavy (non-hydrogen) atoms. The van der Waals surface area contributed by atoms with Gasteiger partial charge in [0.15, 0.2) is 0 Å². The van der Waals surface area contributed by atoms with Crippen molar-refractivity contribution in [2.45, 2.75) is 12.5 Å². The zero-order chi connectivity index (χ0) is 15.6. The molecule has 2 aromatic carbocycles. The first-order valence-electron chi connectivity index (χ1n) is 7.52. The van der Waals surface area contributed by atoms with Gasteiger partial charge in [-0.3, -0.25) is 5.01 Å². The van der Waals surface area contributed by atoms with Crippen LogP contribution < -0.4 is 5.01 Å². The van der Waals surface area contributed by atoms with E-state index in [0.29, 0.717) is 0 Å². The molecule has 0 bridgehead atoms. The summed E-state index contributed by atoms with van der Waals surface area (Å²) in [5.41, 5.74) is 3.18. The highest BCUT2D eigenvalue weighted by Crippen LogP contribution is 2.36. The maximum absolute atomic E-state index is 5.99. The van der Waals surface area contributed by atoms with E-state index < -0.39 is 0 Å². The summed E-state index contributed by atoms with van der Waals surface area (Å²) in [7, 11) is 0. The Morgan fingerprint density at radius 1 is 0.957 bits per heavy atom. The van der Waals surface area contributed by atoms with E-state index in [4.69, 9.17) is 21.1 Å². The average Bonchev–Trinajstić information content (AvgIpc) is 3.26. The van der Waals surface area contributed by atoms with Gasteiger partial charge >= 0.3 is 0 Å². The van der Waals surface area contributed by atoms with Gasteiger partial charge in [0.25, 0.3) is 0 Å². The maximum Gasteiger partial charge on any atom is 0.128 e. The third-order valence-electron chi connectivity index (χ3n) is 3.98. The summed E-state index contributed by atoms with van der Waals surface area (Å²) in [5, 5.41) is 7.60. The summed E-state index contributed by atoms with van der Waals surface area (Å²) in [6, 6.07) is 22.0. The summed E-state index contributed by atoms with van der Waals surface area (Å²) in [4.78, 5) is 0. The number of para-hydroxylation sites is 1. The van der Waals surface area contributed by atoms with Gasteiger partial charge in [0.1, 0.15) is 11.8 Å². The quantitative estimate of drug-likeness (QED) is 0.655. The summed E-state index contributed by atoms with van der Waals surface area (Å²) < 4.78 is 5.64. The lowest BCUT2D eigenvalue weighted by molar-refractivity contribution is 0.465. The van der Waals surface area contributed by atoms with Crippen molar-refractivity contribution in [2.75, 3.05) is 5.01 Å². The van der Waals surface area contributed by atoms with Gasteiger partial charge in [-0.05, 0) is 42.0 Å². The minimum atomic E-state index is 0.0677. The Balaban J connectivity index is 1.73. The molecule has 0 saturated heterocycles. The summed E-state index contributed by atoms with van der Waals surface area (Å²) >= 11 is 5.99. The molecule has 0 saturated carbocycles. The number of benzene rings is 2. The van der Waals surface area contributed by atoms with E-state index in [0.717, 1.165) is 34.2 Å². The molecular formula is C19H15ClN2O. The Hall–Kier alpha value is -2.52. The smallest absolute Gasteiger partial charge is 0.128 e. The third kappa shape index (κ3) is 2.76. The Kier molecular flexibility index (Phi) is 3.64. The highest BCUT2D eigenvalue weighted by atomic mass is 35.5. The number of hydrazone groups is 1. The van der Waals surface area contributed by atoms with Crippen LogP contribution >= 0.6 is 11.6 Å². The number of halogens is 1. The predicted octanol–water partition coefficient (Wildman–Crippen LogP) is 5.29. The maximum atomic E-state index is 5.99. The molecule has 114 valence electrons. The summed E-state index contributed by atoms with van der Waals surface area (Å²) in [6.45, 7) is 0. The van der Waals surface area contributed by atoms with Crippen LogP contribution in [0.25, 0.3) is 0 Å². The van der Waals surface area contributed by atoms with Crippen molar-refractivity contribution in [1.29, 1.82) is 0 Å². The number of nitrogens with zero attached hydrogens (tertiary/aromatic N) is 2. The standard InChI is InChI=1S/C19H15ClN2O/c20-15-10-8-14(9-11-15)17-13-18(19-7-4-12-23-19)22(21-17)16-5-2-1-3-6-16/h1-12,18H,13H2/t18-/m0/s1. The molecule has 0 unspecified atom stereocenters. The second-order valence-corrected chi connectivity index (χ2v) is 5.91. The molecular weight excluding hydrogens is 308 g/mol. The van der Waals surface area contributed by atoms with Crippen LogP contribution in [-0.2, 0) is 0 Å². The molecule has 2 heterocycles. The van der Waals surface area contributed by atoms with Gasteiger partial charge in [-0.15, -0.1) is 0 Å². The lowest BCUT2D eigenvalue weighted by Crippen LogP contribution is -2.17. The van der Waals surface area contributed by atoms with Crippen LogP contribution in [0.1, 0.15) is 23.8 Å². The van der Waals surface area contributed by atoms with Crippen molar-refractivity contribution in [3.8, 4) is 0 Å². The van der Waals surface area contributed by atoms with Crippen LogP contribution in [0.15, 0.2) is 82.5 Å². The molecule has 1 aromatic heterocycles. The fraction of sp³-hybridized carbons (Fsp3) is 0.105. The van der Waals surface area contributed by atoms with E-state index in [1.54, 1.807) is 6.26 Å². The van der Waals surface area contributed by atoms with E-state index >= 15 is 0 Å².